The van der Waals surface area contributed by atoms with Crippen LogP contribution in [-0.2, 0) is 6.42 Å². The van der Waals surface area contributed by atoms with E-state index in [0.29, 0.717) is 11.4 Å². The number of aryl methyl sites for hydroxylation is 1. The zero-order valence-corrected chi connectivity index (χ0v) is 10.6. The van der Waals surface area contributed by atoms with E-state index < -0.39 is 6.10 Å². The Morgan fingerprint density at radius 3 is 2.50 bits per heavy atom. The van der Waals surface area contributed by atoms with Crippen LogP contribution in [0.1, 0.15) is 22.1 Å². The van der Waals surface area contributed by atoms with Crippen molar-refractivity contribution in [2.24, 2.45) is 0 Å². The standard InChI is InChI=1S/C13H13ClOS/c1-9-2-4-10(5-3-9)8-12(15)13-11(14)6-7-16-13/h2-7,12,15H,8H2,1H3. The Balaban J connectivity index is 2.10. The second kappa shape index (κ2) is 5.00. The second-order valence-corrected chi connectivity index (χ2v) is 5.19. The van der Waals surface area contributed by atoms with Crippen molar-refractivity contribution in [3.8, 4) is 0 Å². The highest BCUT2D eigenvalue weighted by atomic mass is 35.5. The van der Waals surface area contributed by atoms with Crippen molar-refractivity contribution in [2.75, 3.05) is 0 Å². The summed E-state index contributed by atoms with van der Waals surface area (Å²) in [6.07, 6.45) is 0.107. The third kappa shape index (κ3) is 2.64. The van der Waals surface area contributed by atoms with Gasteiger partial charge in [0.05, 0.1) is 16.0 Å². The molecule has 1 unspecified atom stereocenters. The van der Waals surface area contributed by atoms with Gasteiger partial charge in [0.1, 0.15) is 0 Å². The topological polar surface area (TPSA) is 20.2 Å². The van der Waals surface area contributed by atoms with Gasteiger partial charge >= 0.3 is 0 Å². The molecule has 0 spiro atoms. The molecule has 0 aliphatic rings. The van der Waals surface area contributed by atoms with Crippen LogP contribution in [0.4, 0.5) is 0 Å². The number of aliphatic hydroxyl groups is 1. The van der Waals surface area contributed by atoms with Crippen molar-refractivity contribution in [3.05, 3.63) is 56.7 Å². The van der Waals surface area contributed by atoms with Gasteiger partial charge in [-0.1, -0.05) is 41.4 Å². The molecule has 0 aliphatic heterocycles. The van der Waals surface area contributed by atoms with Crippen molar-refractivity contribution >= 4 is 22.9 Å². The lowest BCUT2D eigenvalue weighted by Gasteiger charge is -2.09. The number of benzene rings is 1. The molecule has 0 aliphatic carbocycles. The molecule has 1 N–H and O–H groups in total. The molecule has 0 amide bonds. The van der Waals surface area contributed by atoms with Crippen LogP contribution in [0, 0.1) is 6.92 Å². The number of halogens is 1. The van der Waals surface area contributed by atoms with Crippen molar-refractivity contribution in [2.45, 2.75) is 19.4 Å². The maximum absolute atomic E-state index is 10.0. The lowest BCUT2D eigenvalue weighted by atomic mass is 10.1. The third-order valence-corrected chi connectivity index (χ3v) is 3.96. The lowest BCUT2D eigenvalue weighted by molar-refractivity contribution is 0.182. The molecule has 0 saturated heterocycles. The average molecular weight is 253 g/mol. The van der Waals surface area contributed by atoms with Crippen LogP contribution >= 0.6 is 22.9 Å². The Kier molecular flexibility index (Phi) is 3.64. The molecule has 84 valence electrons. The minimum Gasteiger partial charge on any atom is -0.387 e. The van der Waals surface area contributed by atoms with Gasteiger partial charge in [-0.05, 0) is 23.9 Å². The van der Waals surface area contributed by atoms with E-state index in [1.807, 2.05) is 23.6 Å². The van der Waals surface area contributed by atoms with Crippen molar-refractivity contribution < 1.29 is 5.11 Å². The SMILES string of the molecule is Cc1ccc(CC(O)c2sccc2Cl)cc1. The van der Waals surface area contributed by atoms with Gasteiger partial charge in [0.25, 0.3) is 0 Å². The molecule has 0 bridgehead atoms. The molecule has 2 rings (SSSR count). The first kappa shape index (κ1) is 11.6. The van der Waals surface area contributed by atoms with E-state index in [0.717, 1.165) is 10.4 Å². The van der Waals surface area contributed by atoms with Crippen LogP contribution in [0.25, 0.3) is 0 Å². The van der Waals surface area contributed by atoms with Crippen LogP contribution in [0.15, 0.2) is 35.7 Å². The maximum atomic E-state index is 10.0. The number of hydrogen-bond acceptors (Lipinski definition) is 2. The van der Waals surface area contributed by atoms with E-state index in [2.05, 4.69) is 19.1 Å². The monoisotopic (exact) mass is 252 g/mol. The van der Waals surface area contributed by atoms with E-state index in [4.69, 9.17) is 11.6 Å². The van der Waals surface area contributed by atoms with E-state index >= 15 is 0 Å². The van der Waals surface area contributed by atoms with E-state index in [1.165, 1.54) is 16.9 Å². The van der Waals surface area contributed by atoms with Gasteiger partial charge in [0.15, 0.2) is 0 Å². The molecule has 0 fully saturated rings. The number of aliphatic hydroxyl groups excluding tert-OH is 1. The molecule has 0 saturated carbocycles. The van der Waals surface area contributed by atoms with Crippen LogP contribution in [0.5, 0.6) is 0 Å². The molecule has 1 heterocycles. The van der Waals surface area contributed by atoms with Crippen LogP contribution in [-0.4, -0.2) is 5.11 Å². The molecule has 3 heteroatoms. The van der Waals surface area contributed by atoms with Crippen LogP contribution in [0.3, 0.4) is 0 Å². The van der Waals surface area contributed by atoms with Crippen molar-refractivity contribution in [1.29, 1.82) is 0 Å². The maximum Gasteiger partial charge on any atom is 0.0937 e. The largest absolute Gasteiger partial charge is 0.387 e. The molecular formula is C13H13ClOS. The zero-order valence-electron chi connectivity index (χ0n) is 8.98. The van der Waals surface area contributed by atoms with Crippen molar-refractivity contribution in [1.82, 2.24) is 0 Å². The zero-order chi connectivity index (χ0) is 11.5. The van der Waals surface area contributed by atoms with Crippen LogP contribution < -0.4 is 0 Å². The van der Waals surface area contributed by atoms with Crippen molar-refractivity contribution in [3.63, 3.8) is 0 Å². The molecule has 1 nitrogen and oxygen atoms in total. The fourth-order valence-electron chi connectivity index (χ4n) is 1.58. The summed E-state index contributed by atoms with van der Waals surface area (Å²) in [5.41, 5.74) is 2.36. The lowest BCUT2D eigenvalue weighted by Crippen LogP contribution is -2.00. The molecule has 0 radical (unpaired) electrons. The first-order valence-electron chi connectivity index (χ1n) is 5.13. The molecular weight excluding hydrogens is 240 g/mol. The normalized spacial score (nSPS) is 12.7. The highest BCUT2D eigenvalue weighted by Crippen LogP contribution is 2.30. The summed E-state index contributed by atoms with van der Waals surface area (Å²) in [7, 11) is 0. The highest BCUT2D eigenvalue weighted by molar-refractivity contribution is 7.10. The number of rotatable bonds is 3. The van der Waals surface area contributed by atoms with E-state index in [-0.39, 0.29) is 0 Å². The Labute approximate surface area is 104 Å². The Bertz CT molecular complexity index is 461. The minimum atomic E-state index is -0.504. The second-order valence-electron chi connectivity index (χ2n) is 3.84. The van der Waals surface area contributed by atoms with Gasteiger partial charge in [-0.2, -0.15) is 0 Å². The van der Waals surface area contributed by atoms with Gasteiger partial charge in [-0.15, -0.1) is 11.3 Å². The summed E-state index contributed by atoms with van der Waals surface area (Å²) >= 11 is 7.47. The van der Waals surface area contributed by atoms with Gasteiger partial charge in [-0.25, -0.2) is 0 Å². The van der Waals surface area contributed by atoms with Gasteiger partial charge in [-0.3, -0.25) is 0 Å². The summed E-state index contributed by atoms with van der Waals surface area (Å²) in [6.45, 7) is 2.05. The summed E-state index contributed by atoms with van der Waals surface area (Å²) in [5.74, 6) is 0. The van der Waals surface area contributed by atoms with Gasteiger partial charge in [0, 0.05) is 6.42 Å². The summed E-state index contributed by atoms with van der Waals surface area (Å²) in [4.78, 5) is 0.849. The Morgan fingerprint density at radius 1 is 1.25 bits per heavy atom. The fourth-order valence-corrected chi connectivity index (χ4v) is 2.75. The summed E-state index contributed by atoms with van der Waals surface area (Å²) < 4.78 is 0. The molecule has 16 heavy (non-hydrogen) atoms. The third-order valence-electron chi connectivity index (χ3n) is 2.50. The van der Waals surface area contributed by atoms with E-state index in [9.17, 15) is 5.11 Å². The predicted molar refractivity (Wildman–Crippen MR) is 69.2 cm³/mol. The van der Waals surface area contributed by atoms with E-state index in [1.54, 1.807) is 0 Å². The molecule has 1 atom stereocenters. The fraction of sp³-hybridized carbons (Fsp3) is 0.231. The van der Waals surface area contributed by atoms with Gasteiger partial charge in [0.2, 0.25) is 0 Å². The molecule has 1 aromatic carbocycles. The first-order chi connectivity index (χ1) is 7.66. The summed E-state index contributed by atoms with van der Waals surface area (Å²) in [6, 6.07) is 10.0. The predicted octanol–water partition coefficient (Wildman–Crippen LogP) is 3.99. The highest BCUT2D eigenvalue weighted by Gasteiger charge is 2.13. The van der Waals surface area contributed by atoms with Crippen LogP contribution in [0.2, 0.25) is 5.02 Å². The smallest absolute Gasteiger partial charge is 0.0937 e. The quantitative estimate of drug-likeness (QED) is 0.876. The molecule has 1 aromatic heterocycles. The first-order valence-corrected chi connectivity index (χ1v) is 6.39. The minimum absolute atomic E-state index is 0.504. The van der Waals surface area contributed by atoms with Gasteiger partial charge < -0.3 is 5.11 Å². The Morgan fingerprint density at radius 2 is 1.94 bits per heavy atom. The summed E-state index contributed by atoms with van der Waals surface area (Å²) in [5, 5.41) is 12.6. The number of hydrogen-bond donors (Lipinski definition) is 1. The molecule has 2 aromatic rings. The number of thiophene rings is 1. The Hall–Kier alpha value is -0.830. The average Bonchev–Trinajstić information content (AvgIpc) is 2.68.